The molecule has 0 bridgehead atoms. The summed E-state index contributed by atoms with van der Waals surface area (Å²) in [4.78, 5) is 14.7. The molecule has 1 amide bonds. The van der Waals surface area contributed by atoms with Crippen LogP contribution in [0.4, 0.5) is 0 Å². The zero-order valence-corrected chi connectivity index (χ0v) is 11.7. The molecule has 1 saturated heterocycles. The van der Waals surface area contributed by atoms with Crippen LogP contribution in [0, 0.1) is 0 Å². The number of phenols is 1. The number of nitrogens with zero attached hydrogens (tertiary/aromatic N) is 1. The fourth-order valence-corrected chi connectivity index (χ4v) is 3.42. The first-order valence-electron chi connectivity index (χ1n) is 7.56. The van der Waals surface area contributed by atoms with E-state index in [0.29, 0.717) is 5.56 Å². The average molecular weight is 274 g/mol. The second kappa shape index (κ2) is 5.83. The van der Waals surface area contributed by atoms with Crippen molar-refractivity contribution in [2.75, 3.05) is 13.1 Å². The SMILES string of the molecule is O=C(NC1CCN(C2CCCC2)C1)c1cccc(O)c1. The maximum atomic E-state index is 12.1. The van der Waals surface area contributed by atoms with E-state index in [1.807, 2.05) is 0 Å². The Bertz CT molecular complexity index is 483. The standard InChI is InChI=1S/C16H22N2O2/c19-15-7-3-4-12(10-15)16(20)17-13-8-9-18(11-13)14-5-1-2-6-14/h3-4,7,10,13-14,19H,1-2,5-6,8-9,11H2,(H,17,20). The van der Waals surface area contributed by atoms with Crippen molar-refractivity contribution in [1.82, 2.24) is 10.2 Å². The molecule has 1 atom stereocenters. The number of hydrogen-bond donors (Lipinski definition) is 2. The second-order valence-electron chi connectivity index (χ2n) is 5.94. The molecule has 20 heavy (non-hydrogen) atoms. The van der Waals surface area contributed by atoms with Crippen LogP contribution in [-0.2, 0) is 0 Å². The van der Waals surface area contributed by atoms with Gasteiger partial charge in [0, 0.05) is 30.7 Å². The van der Waals surface area contributed by atoms with Gasteiger partial charge in [0.05, 0.1) is 0 Å². The maximum absolute atomic E-state index is 12.1. The van der Waals surface area contributed by atoms with E-state index in [4.69, 9.17) is 0 Å². The van der Waals surface area contributed by atoms with Crippen molar-refractivity contribution in [2.45, 2.75) is 44.2 Å². The number of carbonyl (C=O) groups is 1. The molecule has 0 aromatic heterocycles. The molecule has 0 spiro atoms. The summed E-state index contributed by atoms with van der Waals surface area (Å²) in [5, 5.41) is 12.5. The molecule has 1 aromatic rings. The summed E-state index contributed by atoms with van der Waals surface area (Å²) in [7, 11) is 0. The predicted octanol–water partition coefficient (Wildman–Crippen LogP) is 2.14. The normalized spacial score (nSPS) is 24.1. The summed E-state index contributed by atoms with van der Waals surface area (Å²) in [6, 6.07) is 7.50. The van der Waals surface area contributed by atoms with Crippen molar-refractivity contribution < 1.29 is 9.90 Å². The van der Waals surface area contributed by atoms with Crippen molar-refractivity contribution in [2.24, 2.45) is 0 Å². The minimum atomic E-state index is -0.0841. The summed E-state index contributed by atoms with van der Waals surface area (Å²) in [6.07, 6.45) is 6.35. The van der Waals surface area contributed by atoms with E-state index < -0.39 is 0 Å². The average Bonchev–Trinajstić information content (AvgIpc) is 3.08. The van der Waals surface area contributed by atoms with Gasteiger partial charge in [0.25, 0.3) is 5.91 Å². The van der Waals surface area contributed by atoms with E-state index in [2.05, 4.69) is 10.2 Å². The largest absolute Gasteiger partial charge is 0.508 e. The third-order valence-electron chi connectivity index (χ3n) is 4.50. The van der Waals surface area contributed by atoms with Crippen LogP contribution in [0.25, 0.3) is 0 Å². The molecule has 4 heteroatoms. The molecule has 2 aliphatic rings. The molecular formula is C16H22N2O2. The van der Waals surface area contributed by atoms with Crippen LogP contribution in [0.2, 0.25) is 0 Å². The Labute approximate surface area is 119 Å². The molecule has 1 aliphatic carbocycles. The number of aromatic hydroxyl groups is 1. The highest BCUT2D eigenvalue weighted by atomic mass is 16.3. The third-order valence-corrected chi connectivity index (χ3v) is 4.50. The van der Waals surface area contributed by atoms with Gasteiger partial charge in [-0.15, -0.1) is 0 Å². The molecular weight excluding hydrogens is 252 g/mol. The second-order valence-corrected chi connectivity index (χ2v) is 5.94. The molecule has 0 radical (unpaired) electrons. The lowest BCUT2D eigenvalue weighted by molar-refractivity contribution is 0.0936. The first-order chi connectivity index (χ1) is 9.72. The van der Waals surface area contributed by atoms with Crippen molar-refractivity contribution in [3.63, 3.8) is 0 Å². The molecule has 1 aliphatic heterocycles. The van der Waals surface area contributed by atoms with E-state index in [0.717, 1.165) is 25.6 Å². The summed E-state index contributed by atoms with van der Waals surface area (Å²) < 4.78 is 0. The quantitative estimate of drug-likeness (QED) is 0.888. The van der Waals surface area contributed by atoms with Crippen molar-refractivity contribution in [3.05, 3.63) is 29.8 Å². The van der Waals surface area contributed by atoms with Crippen LogP contribution in [0.15, 0.2) is 24.3 Å². The minimum Gasteiger partial charge on any atom is -0.508 e. The third kappa shape index (κ3) is 2.96. The molecule has 108 valence electrons. The van der Waals surface area contributed by atoms with Gasteiger partial charge >= 0.3 is 0 Å². The molecule has 2 N–H and O–H groups in total. The Morgan fingerprint density at radius 3 is 2.80 bits per heavy atom. The Morgan fingerprint density at radius 2 is 2.05 bits per heavy atom. The Kier molecular flexibility index (Phi) is 3.92. The number of hydrogen-bond acceptors (Lipinski definition) is 3. The van der Waals surface area contributed by atoms with Crippen LogP contribution in [-0.4, -0.2) is 41.1 Å². The first-order valence-corrected chi connectivity index (χ1v) is 7.56. The predicted molar refractivity (Wildman–Crippen MR) is 77.8 cm³/mol. The van der Waals surface area contributed by atoms with Gasteiger partial charge in [0.15, 0.2) is 0 Å². The number of likely N-dealkylation sites (tertiary alicyclic amines) is 1. The smallest absolute Gasteiger partial charge is 0.251 e. The molecule has 1 unspecified atom stereocenters. The molecule has 1 aromatic carbocycles. The van der Waals surface area contributed by atoms with Crippen molar-refractivity contribution in [3.8, 4) is 5.75 Å². The van der Waals surface area contributed by atoms with Crippen LogP contribution < -0.4 is 5.32 Å². The van der Waals surface area contributed by atoms with Crippen LogP contribution in [0.3, 0.4) is 0 Å². The Balaban J connectivity index is 1.55. The van der Waals surface area contributed by atoms with E-state index in [9.17, 15) is 9.90 Å². The van der Waals surface area contributed by atoms with Crippen LogP contribution in [0.1, 0.15) is 42.5 Å². The Morgan fingerprint density at radius 1 is 1.25 bits per heavy atom. The lowest BCUT2D eigenvalue weighted by atomic mass is 10.1. The van der Waals surface area contributed by atoms with Crippen molar-refractivity contribution in [1.29, 1.82) is 0 Å². The zero-order valence-electron chi connectivity index (χ0n) is 11.7. The first kappa shape index (κ1) is 13.4. The van der Waals surface area contributed by atoms with Gasteiger partial charge in [-0.2, -0.15) is 0 Å². The minimum absolute atomic E-state index is 0.0841. The number of amides is 1. The Hall–Kier alpha value is -1.55. The van der Waals surface area contributed by atoms with Gasteiger partial charge in [-0.3, -0.25) is 9.69 Å². The summed E-state index contributed by atoms with van der Waals surface area (Å²) in [5.41, 5.74) is 0.532. The number of carbonyl (C=O) groups excluding carboxylic acids is 1. The fraction of sp³-hybridized carbons (Fsp3) is 0.562. The number of rotatable bonds is 3. The lowest BCUT2D eigenvalue weighted by Gasteiger charge is -2.23. The van der Waals surface area contributed by atoms with E-state index in [-0.39, 0.29) is 17.7 Å². The van der Waals surface area contributed by atoms with Crippen molar-refractivity contribution >= 4 is 5.91 Å². The monoisotopic (exact) mass is 274 g/mol. The molecule has 3 rings (SSSR count). The van der Waals surface area contributed by atoms with Gasteiger partial charge in [0.2, 0.25) is 0 Å². The maximum Gasteiger partial charge on any atom is 0.251 e. The summed E-state index contributed by atoms with van der Waals surface area (Å²) >= 11 is 0. The molecule has 4 nitrogen and oxygen atoms in total. The highest BCUT2D eigenvalue weighted by Crippen LogP contribution is 2.26. The topological polar surface area (TPSA) is 52.6 Å². The van der Waals surface area contributed by atoms with Gasteiger partial charge in [-0.25, -0.2) is 0 Å². The molecule has 1 heterocycles. The van der Waals surface area contributed by atoms with Crippen LogP contribution >= 0.6 is 0 Å². The highest BCUT2D eigenvalue weighted by molar-refractivity contribution is 5.94. The van der Waals surface area contributed by atoms with E-state index >= 15 is 0 Å². The highest BCUT2D eigenvalue weighted by Gasteiger charge is 2.30. The number of benzene rings is 1. The van der Waals surface area contributed by atoms with Gasteiger partial charge in [0.1, 0.15) is 5.75 Å². The van der Waals surface area contributed by atoms with Gasteiger partial charge in [-0.05, 0) is 37.5 Å². The molecule has 2 fully saturated rings. The number of phenolic OH excluding ortho intramolecular Hbond substituents is 1. The van der Waals surface area contributed by atoms with E-state index in [1.54, 1.807) is 18.2 Å². The zero-order chi connectivity index (χ0) is 13.9. The van der Waals surface area contributed by atoms with Gasteiger partial charge < -0.3 is 10.4 Å². The van der Waals surface area contributed by atoms with Crippen LogP contribution in [0.5, 0.6) is 5.75 Å². The van der Waals surface area contributed by atoms with E-state index in [1.165, 1.54) is 31.7 Å². The fourth-order valence-electron chi connectivity index (χ4n) is 3.42. The lowest BCUT2D eigenvalue weighted by Crippen LogP contribution is -2.39. The summed E-state index contributed by atoms with van der Waals surface area (Å²) in [6.45, 7) is 2.06. The van der Waals surface area contributed by atoms with Gasteiger partial charge in [-0.1, -0.05) is 18.9 Å². The molecule has 1 saturated carbocycles. The summed E-state index contributed by atoms with van der Waals surface area (Å²) in [5.74, 6) is 0.0517. The number of nitrogens with one attached hydrogen (secondary N) is 1.